The van der Waals surface area contributed by atoms with Gasteiger partial charge in [0.2, 0.25) is 0 Å². The molecule has 1 fully saturated rings. The summed E-state index contributed by atoms with van der Waals surface area (Å²) < 4.78 is 17.1. The Balaban J connectivity index is 1.66. The van der Waals surface area contributed by atoms with Crippen LogP contribution in [0.1, 0.15) is 75.5 Å². The van der Waals surface area contributed by atoms with Gasteiger partial charge < -0.3 is 19.3 Å². The molecule has 0 unspecified atom stereocenters. The van der Waals surface area contributed by atoms with Crippen molar-refractivity contribution in [3.05, 3.63) is 74.4 Å². The molecule has 0 aromatic heterocycles. The second kappa shape index (κ2) is 13.3. The highest BCUT2D eigenvalue weighted by Gasteiger charge is 2.66. The maximum atomic E-state index is 13.9. The van der Waals surface area contributed by atoms with Crippen molar-refractivity contribution in [1.29, 1.82) is 0 Å². The number of fused-ring (bicyclic) bond motifs is 1. The van der Waals surface area contributed by atoms with E-state index in [1.54, 1.807) is 30.5 Å². The third kappa shape index (κ3) is 7.08. The molecule has 2 aromatic rings. The molecule has 0 radical (unpaired) electrons. The Morgan fingerprint density at radius 3 is 2.17 bits per heavy atom. The lowest BCUT2D eigenvalue weighted by molar-refractivity contribution is -0.182. The Labute approximate surface area is 281 Å². The summed E-state index contributed by atoms with van der Waals surface area (Å²) in [5.41, 5.74) is 0.376. The maximum Gasteiger partial charge on any atom is 0.355 e. The zero-order valence-corrected chi connectivity index (χ0v) is 29.6. The summed E-state index contributed by atoms with van der Waals surface area (Å²) in [5, 5.41) is 10.4. The normalized spacial score (nSPS) is 20.0. The molecule has 2 aliphatic heterocycles. The number of carbonyl (C=O) groups is 4. The van der Waals surface area contributed by atoms with Crippen LogP contribution in [0.2, 0.25) is 0 Å². The fourth-order valence-corrected chi connectivity index (χ4v) is 6.86. The van der Waals surface area contributed by atoms with Gasteiger partial charge in [0.15, 0.2) is 12.4 Å². The molecule has 246 valence electrons. The van der Waals surface area contributed by atoms with Gasteiger partial charge in [0.05, 0.1) is 0 Å². The highest BCUT2D eigenvalue weighted by atomic mass is 79.9. The van der Waals surface area contributed by atoms with Crippen molar-refractivity contribution in [3.8, 4) is 5.75 Å². The molecule has 4 rings (SSSR count). The van der Waals surface area contributed by atoms with Crippen LogP contribution in [-0.2, 0) is 39.4 Å². The largest absolute Gasteiger partial charge is 0.507 e. The number of aromatic hydroxyl groups is 1. The number of nitrogens with zero attached hydrogens (tertiary/aromatic N) is 2. The molecule has 2 heterocycles. The second-order valence-electron chi connectivity index (χ2n) is 13.2. The number of aliphatic imine (C=N–C) groups is 1. The second-order valence-corrected chi connectivity index (χ2v) is 15.2. The lowest BCUT2D eigenvalue weighted by Crippen LogP contribution is -2.73. The molecule has 0 aliphatic carbocycles. The first-order valence-electron chi connectivity index (χ1n) is 14.7. The summed E-state index contributed by atoms with van der Waals surface area (Å²) in [7, 11) is 1.37. The van der Waals surface area contributed by atoms with Crippen molar-refractivity contribution < 1.29 is 38.5 Å². The number of phenolic OH excluding ortho intramolecular Hbond substituents is 1. The molecule has 2 atom stereocenters. The topological polar surface area (TPSA) is 132 Å². The average Bonchev–Trinajstić information content (AvgIpc) is 2.98. The predicted molar refractivity (Wildman–Crippen MR) is 179 cm³/mol. The Kier molecular flexibility index (Phi) is 10.2. The van der Waals surface area contributed by atoms with Crippen LogP contribution in [0.3, 0.4) is 0 Å². The van der Waals surface area contributed by atoms with Crippen molar-refractivity contribution in [1.82, 2.24) is 4.90 Å². The number of amides is 1. The van der Waals surface area contributed by atoms with E-state index in [1.165, 1.54) is 30.7 Å². The number of halogens is 1. The quantitative estimate of drug-likeness (QED) is 0.151. The summed E-state index contributed by atoms with van der Waals surface area (Å²) in [6.07, 6.45) is 1.55. The number of hydrogen-bond acceptors (Lipinski definition) is 10. The van der Waals surface area contributed by atoms with Gasteiger partial charge in [-0.2, -0.15) is 0 Å². The van der Waals surface area contributed by atoms with Crippen LogP contribution >= 0.6 is 27.7 Å². The molecule has 0 bridgehead atoms. The number of phenols is 1. The number of rotatable bonds is 9. The van der Waals surface area contributed by atoms with Gasteiger partial charge in [0.25, 0.3) is 11.6 Å². The van der Waals surface area contributed by atoms with Gasteiger partial charge in [-0.25, -0.2) is 9.79 Å². The molecule has 1 N–H and O–H groups in total. The highest BCUT2D eigenvalue weighted by Crippen LogP contribution is 2.49. The van der Waals surface area contributed by atoms with E-state index in [0.717, 1.165) is 15.6 Å². The molecule has 2 aliphatic rings. The van der Waals surface area contributed by atoms with Crippen LogP contribution < -0.4 is 0 Å². The Morgan fingerprint density at radius 2 is 1.65 bits per heavy atom. The van der Waals surface area contributed by atoms with Crippen LogP contribution in [0, 0.1) is 0 Å². The van der Waals surface area contributed by atoms with E-state index in [9.17, 15) is 24.3 Å². The van der Waals surface area contributed by atoms with E-state index in [0.29, 0.717) is 16.7 Å². The fourth-order valence-electron chi connectivity index (χ4n) is 5.18. The van der Waals surface area contributed by atoms with Gasteiger partial charge in [-0.3, -0.25) is 19.3 Å². The average molecular weight is 716 g/mol. The minimum Gasteiger partial charge on any atom is -0.507 e. The number of Topliss-reactive ketones (excluding diaryl/α,β-unsaturated/α-hetero) is 1. The predicted octanol–water partition coefficient (Wildman–Crippen LogP) is 5.67. The molecule has 10 nitrogen and oxygen atoms in total. The first-order chi connectivity index (χ1) is 21.4. The maximum absolute atomic E-state index is 13.9. The van der Waals surface area contributed by atoms with Crippen molar-refractivity contribution in [3.63, 3.8) is 0 Å². The van der Waals surface area contributed by atoms with Gasteiger partial charge in [0.1, 0.15) is 23.4 Å². The Bertz CT molecular complexity index is 1590. The van der Waals surface area contributed by atoms with Crippen LogP contribution in [0.15, 0.2) is 57.1 Å². The first-order valence-corrected chi connectivity index (χ1v) is 16.5. The summed E-state index contributed by atoms with van der Waals surface area (Å²) in [4.78, 5) is 57.5. The zero-order chi connectivity index (χ0) is 34.2. The smallest absolute Gasteiger partial charge is 0.355 e. The van der Waals surface area contributed by atoms with E-state index in [4.69, 9.17) is 14.2 Å². The number of esters is 2. The lowest BCUT2D eigenvalue weighted by Gasteiger charge is -2.53. The Morgan fingerprint density at radius 1 is 1.07 bits per heavy atom. The molecular formula is C34H39BrN2O8S. The summed E-state index contributed by atoms with van der Waals surface area (Å²) in [6, 6.07) is 10.3. The van der Waals surface area contributed by atoms with Crippen molar-refractivity contribution in [2.75, 3.05) is 26.1 Å². The van der Waals surface area contributed by atoms with Gasteiger partial charge >= 0.3 is 11.9 Å². The van der Waals surface area contributed by atoms with Crippen LogP contribution in [-0.4, -0.2) is 77.0 Å². The summed E-state index contributed by atoms with van der Waals surface area (Å²) in [5.74, 6) is -2.05. The number of ether oxygens (including phenoxy) is 3. The van der Waals surface area contributed by atoms with E-state index in [-0.39, 0.29) is 34.6 Å². The minimum atomic E-state index is -1.65. The molecule has 0 saturated carbocycles. The van der Waals surface area contributed by atoms with Gasteiger partial charge in [-0.05, 0) is 40.7 Å². The van der Waals surface area contributed by atoms with Gasteiger partial charge in [-0.15, -0.1) is 11.8 Å². The molecule has 1 amide bonds. The van der Waals surface area contributed by atoms with E-state index < -0.39 is 41.3 Å². The highest BCUT2D eigenvalue weighted by molar-refractivity contribution is 9.10. The number of carbonyl (C=O) groups excluding carboxylic acids is 4. The first kappa shape index (κ1) is 35.4. The van der Waals surface area contributed by atoms with Gasteiger partial charge in [-0.1, -0.05) is 69.6 Å². The summed E-state index contributed by atoms with van der Waals surface area (Å²) >= 11 is 4.62. The van der Waals surface area contributed by atoms with E-state index in [1.807, 2.05) is 53.7 Å². The number of ketones is 1. The number of β-lactam (4-membered cyclic amide) rings is 1. The molecule has 0 spiro atoms. The van der Waals surface area contributed by atoms with E-state index in [2.05, 4.69) is 20.9 Å². The van der Waals surface area contributed by atoms with Crippen molar-refractivity contribution in [2.24, 2.45) is 4.99 Å². The van der Waals surface area contributed by atoms with Crippen molar-refractivity contribution >= 4 is 57.5 Å². The summed E-state index contributed by atoms with van der Waals surface area (Å²) in [6.45, 7) is 12.5. The lowest BCUT2D eigenvalue weighted by atomic mass is 9.78. The standard InChI is InChI=1S/C34H39BrN2O8S/c1-19(38)44-16-22-18-46-31-34(43-8,36-15-20-13-24(32(2,3)4)28(40)25(14-20)33(5,6)7)30(42)37(31)27(22)29(41)45-17-26(39)21-9-11-23(35)12-10-21/h9-15,31,40H,16-18H2,1-8H3/t31-,34+/m1/s1. The number of methoxy groups -OCH3 is 1. The minimum absolute atomic E-state index is 0.101. The number of thioether (sulfide) groups is 1. The number of hydrogen-bond donors (Lipinski definition) is 1. The SMILES string of the molecule is CO[C@@]1(N=Cc2cc(C(C)(C)C)c(O)c(C(C)(C)C)c2)C(=O)N2C(C(=O)OCC(=O)c3ccc(Br)cc3)=C(COC(C)=O)CS[C@@H]21. The molecule has 1 saturated heterocycles. The zero-order valence-electron chi connectivity index (χ0n) is 27.2. The molecule has 2 aromatic carbocycles. The molecule has 46 heavy (non-hydrogen) atoms. The van der Waals surface area contributed by atoms with Gasteiger partial charge in [0, 0.05) is 52.7 Å². The van der Waals surface area contributed by atoms with Crippen LogP contribution in [0.5, 0.6) is 5.75 Å². The third-order valence-corrected chi connectivity index (χ3v) is 9.58. The van der Waals surface area contributed by atoms with Crippen LogP contribution in [0.4, 0.5) is 0 Å². The molecular weight excluding hydrogens is 676 g/mol. The molecule has 12 heteroatoms. The number of benzene rings is 2. The fraction of sp³-hybridized carbons (Fsp3) is 0.441. The monoisotopic (exact) mass is 714 g/mol. The van der Waals surface area contributed by atoms with Crippen LogP contribution in [0.25, 0.3) is 0 Å². The third-order valence-electron chi connectivity index (χ3n) is 7.69. The Hall–Kier alpha value is -3.48. The van der Waals surface area contributed by atoms with Crippen molar-refractivity contribution in [2.45, 2.75) is 70.4 Å². The van der Waals surface area contributed by atoms with E-state index >= 15 is 0 Å².